The Labute approximate surface area is 187 Å². The van der Waals surface area contributed by atoms with Gasteiger partial charge >= 0.3 is 0 Å². The van der Waals surface area contributed by atoms with E-state index < -0.39 is 0 Å². The molecule has 4 rings (SSSR count). The summed E-state index contributed by atoms with van der Waals surface area (Å²) >= 11 is 0. The fourth-order valence-corrected chi connectivity index (χ4v) is 3.45. The van der Waals surface area contributed by atoms with Crippen LogP contribution in [0.4, 0.5) is 5.95 Å². The van der Waals surface area contributed by atoms with Gasteiger partial charge in [-0.05, 0) is 44.9 Å². The number of benzene rings is 1. The molecular formula is C25H28N6O. The molecule has 0 spiro atoms. The Morgan fingerprint density at radius 2 is 1.81 bits per heavy atom. The fraction of sp³-hybridized carbons (Fsp3) is 0.280. The van der Waals surface area contributed by atoms with E-state index in [1.165, 1.54) is 5.56 Å². The van der Waals surface area contributed by atoms with Crippen molar-refractivity contribution in [3.63, 3.8) is 0 Å². The standard InChI is InChI=1S/C25H28N6O/c1-17-7-9-18(10-8-17)13-28-24-29-15-20-21(16-31(22(20)30-24)25(2,3)4)23(32)27-14-19-6-5-11-26-12-19/h5-12,15-16H,13-14H2,1-4H3,(H,27,32)(H,28,29,30). The number of nitrogens with one attached hydrogen (secondary N) is 2. The molecule has 3 heterocycles. The monoisotopic (exact) mass is 428 g/mol. The van der Waals surface area contributed by atoms with Crippen molar-refractivity contribution in [3.8, 4) is 0 Å². The molecule has 0 aliphatic heterocycles. The van der Waals surface area contributed by atoms with Crippen LogP contribution < -0.4 is 10.6 Å². The van der Waals surface area contributed by atoms with Gasteiger partial charge in [0, 0.05) is 43.4 Å². The van der Waals surface area contributed by atoms with Gasteiger partial charge in [-0.3, -0.25) is 9.78 Å². The van der Waals surface area contributed by atoms with Crippen molar-refractivity contribution in [2.24, 2.45) is 0 Å². The molecule has 0 bridgehead atoms. The van der Waals surface area contributed by atoms with E-state index >= 15 is 0 Å². The van der Waals surface area contributed by atoms with Crippen LogP contribution in [0.25, 0.3) is 11.0 Å². The molecular weight excluding hydrogens is 400 g/mol. The molecule has 0 unspecified atom stereocenters. The molecule has 3 aromatic heterocycles. The smallest absolute Gasteiger partial charge is 0.253 e. The first kappa shape index (κ1) is 21.5. The van der Waals surface area contributed by atoms with Crippen LogP contribution in [0.3, 0.4) is 0 Å². The highest BCUT2D eigenvalue weighted by molar-refractivity contribution is 6.06. The molecule has 2 N–H and O–H groups in total. The third kappa shape index (κ3) is 4.77. The summed E-state index contributed by atoms with van der Waals surface area (Å²) < 4.78 is 2.03. The average molecular weight is 429 g/mol. The van der Waals surface area contributed by atoms with Gasteiger partial charge in [-0.2, -0.15) is 4.98 Å². The lowest BCUT2D eigenvalue weighted by atomic mass is 10.1. The van der Waals surface area contributed by atoms with Crippen LogP contribution in [-0.2, 0) is 18.6 Å². The zero-order chi connectivity index (χ0) is 22.7. The summed E-state index contributed by atoms with van der Waals surface area (Å²) in [5.74, 6) is 0.370. The normalized spacial score (nSPS) is 11.5. The quantitative estimate of drug-likeness (QED) is 0.475. The third-order valence-corrected chi connectivity index (χ3v) is 5.26. The number of fused-ring (bicyclic) bond motifs is 1. The number of nitrogens with zero attached hydrogens (tertiary/aromatic N) is 4. The van der Waals surface area contributed by atoms with Gasteiger partial charge in [0.15, 0.2) is 0 Å². The molecule has 7 heteroatoms. The lowest BCUT2D eigenvalue weighted by Crippen LogP contribution is -2.23. The van der Waals surface area contributed by atoms with Gasteiger partial charge in [-0.25, -0.2) is 4.98 Å². The summed E-state index contributed by atoms with van der Waals surface area (Å²) in [6.45, 7) is 9.37. The van der Waals surface area contributed by atoms with Crippen LogP contribution in [0.1, 0.15) is 47.8 Å². The number of carbonyl (C=O) groups excluding carboxylic acids is 1. The summed E-state index contributed by atoms with van der Waals surface area (Å²) in [7, 11) is 0. The van der Waals surface area contributed by atoms with Gasteiger partial charge in [0.2, 0.25) is 5.95 Å². The second kappa shape index (κ2) is 8.78. The van der Waals surface area contributed by atoms with Crippen molar-refractivity contribution in [2.45, 2.75) is 46.3 Å². The average Bonchev–Trinajstić information content (AvgIpc) is 3.17. The minimum absolute atomic E-state index is 0.161. The van der Waals surface area contributed by atoms with Crippen molar-refractivity contribution in [1.82, 2.24) is 24.8 Å². The molecule has 0 saturated carbocycles. The summed E-state index contributed by atoms with van der Waals surface area (Å²) in [5.41, 5.74) is 4.36. The number of anilines is 1. The minimum atomic E-state index is -0.247. The molecule has 1 amide bonds. The second-order valence-electron chi connectivity index (χ2n) is 8.90. The minimum Gasteiger partial charge on any atom is -0.350 e. The van der Waals surface area contributed by atoms with Gasteiger partial charge in [-0.15, -0.1) is 0 Å². The zero-order valence-corrected chi connectivity index (χ0v) is 18.9. The Balaban J connectivity index is 1.59. The second-order valence-corrected chi connectivity index (χ2v) is 8.90. The Morgan fingerprint density at radius 3 is 2.50 bits per heavy atom. The van der Waals surface area contributed by atoms with Crippen LogP contribution >= 0.6 is 0 Å². The van der Waals surface area contributed by atoms with E-state index in [1.807, 2.05) is 22.9 Å². The number of hydrogen-bond acceptors (Lipinski definition) is 5. The molecule has 164 valence electrons. The molecule has 32 heavy (non-hydrogen) atoms. The number of pyridine rings is 1. The third-order valence-electron chi connectivity index (χ3n) is 5.26. The van der Waals surface area contributed by atoms with E-state index in [2.05, 4.69) is 72.6 Å². The van der Waals surface area contributed by atoms with E-state index in [-0.39, 0.29) is 11.4 Å². The lowest BCUT2D eigenvalue weighted by molar-refractivity contribution is 0.0952. The molecule has 0 saturated heterocycles. The van der Waals surface area contributed by atoms with E-state index in [0.29, 0.717) is 24.6 Å². The first-order valence-electron chi connectivity index (χ1n) is 10.7. The summed E-state index contributed by atoms with van der Waals surface area (Å²) in [5, 5.41) is 6.99. The number of rotatable bonds is 6. The molecule has 0 fully saturated rings. The number of carbonyl (C=O) groups is 1. The molecule has 0 aliphatic carbocycles. The first-order valence-corrected chi connectivity index (χ1v) is 10.7. The first-order chi connectivity index (χ1) is 15.3. The predicted octanol–water partition coefficient (Wildman–Crippen LogP) is 4.43. The van der Waals surface area contributed by atoms with Gasteiger partial charge in [0.25, 0.3) is 5.91 Å². The van der Waals surface area contributed by atoms with Crippen LogP contribution in [0.5, 0.6) is 0 Å². The molecule has 1 aromatic carbocycles. The number of hydrogen-bond donors (Lipinski definition) is 2. The van der Waals surface area contributed by atoms with Crippen molar-refractivity contribution in [2.75, 3.05) is 5.32 Å². The Kier molecular flexibility index (Phi) is 5.90. The van der Waals surface area contributed by atoms with Gasteiger partial charge in [0.1, 0.15) is 5.65 Å². The van der Waals surface area contributed by atoms with Crippen LogP contribution in [0, 0.1) is 6.92 Å². The molecule has 0 atom stereocenters. The number of aryl methyl sites for hydroxylation is 1. The van der Waals surface area contributed by atoms with E-state index in [1.54, 1.807) is 18.6 Å². The van der Waals surface area contributed by atoms with Crippen molar-refractivity contribution in [1.29, 1.82) is 0 Å². The van der Waals surface area contributed by atoms with Crippen molar-refractivity contribution in [3.05, 3.63) is 83.4 Å². The predicted molar refractivity (Wildman–Crippen MR) is 126 cm³/mol. The molecule has 0 aliphatic rings. The SMILES string of the molecule is Cc1ccc(CNc2ncc3c(C(=O)NCc4cccnc4)cn(C(C)(C)C)c3n2)cc1. The summed E-state index contributed by atoms with van der Waals surface area (Å²) in [4.78, 5) is 26.3. The zero-order valence-electron chi connectivity index (χ0n) is 18.9. The maximum atomic E-state index is 13.0. The Hall–Kier alpha value is -3.74. The van der Waals surface area contributed by atoms with Crippen LogP contribution in [-0.4, -0.2) is 25.4 Å². The van der Waals surface area contributed by atoms with Gasteiger partial charge in [-0.1, -0.05) is 35.9 Å². The van der Waals surface area contributed by atoms with Crippen LogP contribution in [0.2, 0.25) is 0 Å². The largest absolute Gasteiger partial charge is 0.350 e. The van der Waals surface area contributed by atoms with E-state index in [4.69, 9.17) is 4.98 Å². The van der Waals surface area contributed by atoms with Crippen molar-refractivity contribution >= 4 is 22.9 Å². The molecule has 4 aromatic rings. The van der Waals surface area contributed by atoms with E-state index in [9.17, 15) is 4.79 Å². The lowest BCUT2D eigenvalue weighted by Gasteiger charge is -2.22. The molecule has 7 nitrogen and oxygen atoms in total. The van der Waals surface area contributed by atoms with Crippen molar-refractivity contribution < 1.29 is 4.79 Å². The van der Waals surface area contributed by atoms with Crippen LogP contribution in [0.15, 0.2) is 61.2 Å². The van der Waals surface area contributed by atoms with Gasteiger partial charge < -0.3 is 15.2 Å². The Bertz CT molecular complexity index is 1220. The molecule has 0 radical (unpaired) electrons. The Morgan fingerprint density at radius 1 is 1.03 bits per heavy atom. The van der Waals surface area contributed by atoms with E-state index in [0.717, 1.165) is 22.2 Å². The highest BCUT2D eigenvalue weighted by atomic mass is 16.1. The fourth-order valence-electron chi connectivity index (χ4n) is 3.45. The number of aromatic nitrogens is 4. The summed E-state index contributed by atoms with van der Waals surface area (Å²) in [6.07, 6.45) is 7.04. The highest BCUT2D eigenvalue weighted by Gasteiger charge is 2.23. The van der Waals surface area contributed by atoms with Gasteiger partial charge in [0.05, 0.1) is 10.9 Å². The maximum absolute atomic E-state index is 13.0. The highest BCUT2D eigenvalue weighted by Crippen LogP contribution is 2.27. The summed E-state index contributed by atoms with van der Waals surface area (Å²) in [6, 6.07) is 12.1. The number of amides is 1. The topological polar surface area (TPSA) is 84.7 Å². The maximum Gasteiger partial charge on any atom is 0.253 e.